The van der Waals surface area contributed by atoms with Crippen LogP contribution in [-0.2, 0) is 0 Å². The summed E-state index contributed by atoms with van der Waals surface area (Å²) < 4.78 is 0. The van der Waals surface area contributed by atoms with Crippen LogP contribution in [-0.4, -0.2) is 55.6 Å². The minimum atomic E-state index is -0.0376. The van der Waals surface area contributed by atoms with Gasteiger partial charge in [0.25, 0.3) is 0 Å². The molecule has 0 amide bonds. The highest BCUT2D eigenvalue weighted by Crippen LogP contribution is 2.05. The van der Waals surface area contributed by atoms with Crippen molar-refractivity contribution in [3.63, 3.8) is 0 Å². The van der Waals surface area contributed by atoms with Gasteiger partial charge in [-0.1, -0.05) is 6.92 Å². The van der Waals surface area contributed by atoms with Crippen LogP contribution in [0.15, 0.2) is 0 Å². The highest BCUT2D eigenvalue weighted by Gasteiger charge is 2.13. The van der Waals surface area contributed by atoms with Crippen LogP contribution < -0.4 is 5.73 Å². The molecule has 0 spiro atoms. The van der Waals surface area contributed by atoms with Crippen molar-refractivity contribution in [1.82, 2.24) is 9.80 Å². The van der Waals surface area contributed by atoms with E-state index in [-0.39, 0.29) is 5.54 Å². The Kier molecular flexibility index (Phi) is 7.14. The van der Waals surface area contributed by atoms with Gasteiger partial charge in [-0.25, -0.2) is 0 Å². The lowest BCUT2D eigenvalue weighted by atomic mass is 10.0. The highest BCUT2D eigenvalue weighted by molar-refractivity contribution is 4.74. The van der Waals surface area contributed by atoms with Crippen molar-refractivity contribution < 1.29 is 0 Å². The molecule has 0 aromatic heterocycles. The van der Waals surface area contributed by atoms with E-state index < -0.39 is 0 Å². The minimum absolute atomic E-state index is 0.0376. The largest absolute Gasteiger partial charge is 0.326 e. The molecule has 0 aromatic rings. The monoisotopic (exact) mass is 215 g/mol. The zero-order chi connectivity index (χ0) is 11.9. The lowest BCUT2D eigenvalue weighted by molar-refractivity contribution is 0.223. The summed E-state index contributed by atoms with van der Waals surface area (Å²) in [5, 5.41) is 0. The predicted octanol–water partition coefficient (Wildman–Crippen LogP) is 1.39. The SMILES string of the molecule is CCCN(CCN(C)C)CCC(C)(C)N. The Morgan fingerprint density at radius 2 is 1.60 bits per heavy atom. The van der Waals surface area contributed by atoms with Gasteiger partial charge in [-0.3, -0.25) is 0 Å². The Morgan fingerprint density at radius 3 is 2.00 bits per heavy atom. The van der Waals surface area contributed by atoms with Crippen LogP contribution in [0.3, 0.4) is 0 Å². The molecule has 0 saturated carbocycles. The predicted molar refractivity (Wildman–Crippen MR) is 68.2 cm³/mol. The molecule has 3 heteroatoms. The van der Waals surface area contributed by atoms with Crippen LogP contribution in [0.2, 0.25) is 0 Å². The van der Waals surface area contributed by atoms with Gasteiger partial charge in [-0.2, -0.15) is 0 Å². The normalized spacial score (nSPS) is 12.8. The lowest BCUT2D eigenvalue weighted by Gasteiger charge is -2.27. The molecule has 0 aliphatic carbocycles. The van der Waals surface area contributed by atoms with Crippen molar-refractivity contribution in [2.45, 2.75) is 39.2 Å². The van der Waals surface area contributed by atoms with Gasteiger partial charge in [0.2, 0.25) is 0 Å². The first-order chi connectivity index (χ1) is 6.85. The molecular weight excluding hydrogens is 186 g/mol. The summed E-state index contributed by atoms with van der Waals surface area (Å²) in [6.07, 6.45) is 2.29. The Hall–Kier alpha value is -0.120. The summed E-state index contributed by atoms with van der Waals surface area (Å²) in [7, 11) is 4.24. The smallest absolute Gasteiger partial charge is 0.0109 e. The van der Waals surface area contributed by atoms with Crippen LogP contribution in [0.5, 0.6) is 0 Å². The lowest BCUT2D eigenvalue weighted by Crippen LogP contribution is -2.39. The van der Waals surface area contributed by atoms with Crippen molar-refractivity contribution in [2.75, 3.05) is 40.3 Å². The maximum atomic E-state index is 6.00. The molecular formula is C12H29N3. The summed E-state index contributed by atoms with van der Waals surface area (Å²) in [6, 6.07) is 0. The third kappa shape index (κ3) is 10.2. The van der Waals surface area contributed by atoms with Crippen molar-refractivity contribution >= 4 is 0 Å². The Balaban J connectivity index is 3.82. The van der Waals surface area contributed by atoms with Gasteiger partial charge in [0.05, 0.1) is 0 Å². The van der Waals surface area contributed by atoms with E-state index in [0.717, 1.165) is 26.1 Å². The van der Waals surface area contributed by atoms with Crippen LogP contribution >= 0.6 is 0 Å². The third-order valence-electron chi connectivity index (χ3n) is 2.48. The molecule has 0 aliphatic heterocycles. The number of hydrogen-bond donors (Lipinski definition) is 1. The van der Waals surface area contributed by atoms with Crippen molar-refractivity contribution in [2.24, 2.45) is 5.73 Å². The Morgan fingerprint density at radius 1 is 1.00 bits per heavy atom. The molecule has 0 radical (unpaired) electrons. The summed E-state index contributed by atoms with van der Waals surface area (Å²) in [6.45, 7) is 11.0. The number of hydrogen-bond acceptors (Lipinski definition) is 3. The molecule has 0 rings (SSSR count). The van der Waals surface area contributed by atoms with Crippen LogP contribution in [0.25, 0.3) is 0 Å². The van der Waals surface area contributed by atoms with Gasteiger partial charge in [-0.05, 0) is 53.9 Å². The van der Waals surface area contributed by atoms with E-state index in [0.29, 0.717) is 0 Å². The second kappa shape index (κ2) is 7.20. The van der Waals surface area contributed by atoms with E-state index in [1.54, 1.807) is 0 Å². The van der Waals surface area contributed by atoms with Gasteiger partial charge in [0.1, 0.15) is 0 Å². The number of nitrogens with two attached hydrogens (primary N) is 1. The Bertz CT molecular complexity index is 149. The fraction of sp³-hybridized carbons (Fsp3) is 1.00. The first-order valence-electron chi connectivity index (χ1n) is 6.01. The second-order valence-corrected chi connectivity index (χ2v) is 5.38. The molecule has 0 heterocycles. The number of rotatable bonds is 8. The minimum Gasteiger partial charge on any atom is -0.326 e. The van der Waals surface area contributed by atoms with E-state index >= 15 is 0 Å². The second-order valence-electron chi connectivity index (χ2n) is 5.38. The van der Waals surface area contributed by atoms with Gasteiger partial charge in [-0.15, -0.1) is 0 Å². The Labute approximate surface area is 95.6 Å². The van der Waals surface area contributed by atoms with E-state index in [1.807, 2.05) is 0 Å². The van der Waals surface area contributed by atoms with Crippen LogP contribution in [0.4, 0.5) is 0 Å². The average Bonchev–Trinajstić information content (AvgIpc) is 2.08. The van der Waals surface area contributed by atoms with E-state index in [9.17, 15) is 0 Å². The number of nitrogens with zero attached hydrogens (tertiary/aromatic N) is 2. The molecule has 2 N–H and O–H groups in total. The molecule has 15 heavy (non-hydrogen) atoms. The summed E-state index contributed by atoms with van der Waals surface area (Å²) in [5.74, 6) is 0. The molecule has 0 saturated heterocycles. The fourth-order valence-corrected chi connectivity index (χ4v) is 1.44. The quantitative estimate of drug-likeness (QED) is 0.664. The molecule has 0 aliphatic rings. The zero-order valence-electron chi connectivity index (χ0n) is 11.2. The first-order valence-corrected chi connectivity index (χ1v) is 6.01. The van der Waals surface area contributed by atoms with Gasteiger partial charge in [0.15, 0.2) is 0 Å². The topological polar surface area (TPSA) is 32.5 Å². The van der Waals surface area contributed by atoms with Crippen LogP contribution in [0.1, 0.15) is 33.6 Å². The van der Waals surface area contributed by atoms with E-state index in [4.69, 9.17) is 5.73 Å². The highest BCUT2D eigenvalue weighted by atomic mass is 15.2. The average molecular weight is 215 g/mol. The molecule has 0 fully saturated rings. The van der Waals surface area contributed by atoms with Gasteiger partial charge >= 0.3 is 0 Å². The van der Waals surface area contributed by atoms with Crippen molar-refractivity contribution in [3.8, 4) is 0 Å². The molecule has 0 bridgehead atoms. The molecule has 0 unspecified atom stereocenters. The third-order valence-corrected chi connectivity index (χ3v) is 2.48. The summed E-state index contributed by atoms with van der Waals surface area (Å²) in [4.78, 5) is 4.74. The van der Waals surface area contributed by atoms with Gasteiger partial charge in [0, 0.05) is 18.6 Å². The number of likely N-dealkylation sites (N-methyl/N-ethyl adjacent to an activating group) is 1. The maximum Gasteiger partial charge on any atom is 0.0109 e. The van der Waals surface area contributed by atoms with Crippen molar-refractivity contribution in [3.05, 3.63) is 0 Å². The van der Waals surface area contributed by atoms with Crippen LogP contribution in [0, 0.1) is 0 Å². The molecule has 3 nitrogen and oxygen atoms in total. The fourth-order valence-electron chi connectivity index (χ4n) is 1.44. The molecule has 0 aromatic carbocycles. The van der Waals surface area contributed by atoms with E-state index in [1.165, 1.54) is 13.0 Å². The zero-order valence-corrected chi connectivity index (χ0v) is 11.2. The standard InChI is InChI=1S/C12H29N3/c1-6-8-15(11-10-14(4)5)9-7-12(2,3)13/h6-11,13H2,1-5H3. The maximum absolute atomic E-state index is 6.00. The molecule has 0 atom stereocenters. The summed E-state index contributed by atoms with van der Waals surface area (Å²) >= 11 is 0. The molecule has 92 valence electrons. The van der Waals surface area contributed by atoms with Gasteiger partial charge < -0.3 is 15.5 Å². The summed E-state index contributed by atoms with van der Waals surface area (Å²) in [5.41, 5.74) is 5.96. The first kappa shape index (κ1) is 14.9. The van der Waals surface area contributed by atoms with E-state index in [2.05, 4.69) is 44.7 Å². The van der Waals surface area contributed by atoms with Crippen molar-refractivity contribution in [1.29, 1.82) is 0 Å².